The van der Waals surface area contributed by atoms with Crippen molar-refractivity contribution >= 4 is 19.8 Å². The molecule has 1 atom stereocenters. The molecule has 0 aliphatic heterocycles. The SMILES string of the molecule is C=CCCCCCCCCCCCCCCCC(=O)OC[C@H](COP(=O)(O)O)OC(=O)CCCCCCCCCCCCC. The van der Waals surface area contributed by atoms with Crippen LogP contribution in [-0.2, 0) is 28.2 Å². The summed E-state index contributed by atoms with van der Waals surface area (Å²) in [6, 6.07) is 0. The molecule has 44 heavy (non-hydrogen) atoms. The minimum Gasteiger partial charge on any atom is -0.462 e. The van der Waals surface area contributed by atoms with E-state index in [4.69, 9.17) is 19.3 Å². The Morgan fingerprint density at radius 3 is 1.41 bits per heavy atom. The number of hydrogen-bond acceptors (Lipinski definition) is 6. The molecule has 0 heterocycles. The van der Waals surface area contributed by atoms with E-state index in [1.165, 1.54) is 109 Å². The average Bonchev–Trinajstić information content (AvgIpc) is 2.98. The van der Waals surface area contributed by atoms with Crippen LogP contribution < -0.4 is 0 Å². The highest BCUT2D eigenvalue weighted by Crippen LogP contribution is 2.36. The standard InChI is InChI=1S/C35H67O8P/c1-3-5-7-9-11-13-15-16-17-18-20-21-23-25-27-29-34(36)41-31-33(32-42-44(38,39)40)43-35(37)30-28-26-24-22-19-14-12-10-8-6-4-2/h3,33H,1,4-32H2,2H3,(H2,38,39,40)/t33-/m1/s1. The third-order valence-electron chi connectivity index (χ3n) is 7.93. The van der Waals surface area contributed by atoms with E-state index in [2.05, 4.69) is 18.0 Å². The number of carbonyl (C=O) groups excluding carboxylic acids is 2. The van der Waals surface area contributed by atoms with Crippen LogP contribution in [0.15, 0.2) is 12.7 Å². The Morgan fingerprint density at radius 1 is 0.614 bits per heavy atom. The summed E-state index contributed by atoms with van der Waals surface area (Å²) < 4.78 is 26.2. The Balaban J connectivity index is 3.92. The van der Waals surface area contributed by atoms with Crippen molar-refractivity contribution in [3.8, 4) is 0 Å². The molecule has 0 aromatic carbocycles. The van der Waals surface area contributed by atoms with E-state index in [9.17, 15) is 14.2 Å². The van der Waals surface area contributed by atoms with Gasteiger partial charge in [-0.15, -0.1) is 6.58 Å². The Hall–Kier alpha value is -1.21. The molecule has 0 rings (SSSR count). The van der Waals surface area contributed by atoms with Crippen molar-refractivity contribution in [2.45, 2.75) is 186 Å². The molecule has 0 radical (unpaired) electrons. The lowest BCUT2D eigenvalue weighted by Gasteiger charge is -2.18. The van der Waals surface area contributed by atoms with Gasteiger partial charge in [-0.25, -0.2) is 4.57 Å². The molecule has 8 nitrogen and oxygen atoms in total. The van der Waals surface area contributed by atoms with Crippen LogP contribution in [0.1, 0.15) is 180 Å². The van der Waals surface area contributed by atoms with Crippen molar-refractivity contribution < 1.29 is 37.9 Å². The second-order valence-electron chi connectivity index (χ2n) is 12.3. The van der Waals surface area contributed by atoms with E-state index in [0.717, 1.165) is 44.9 Å². The summed E-state index contributed by atoms with van der Waals surface area (Å²) in [7, 11) is -4.74. The monoisotopic (exact) mass is 646 g/mol. The van der Waals surface area contributed by atoms with E-state index < -0.39 is 32.5 Å². The van der Waals surface area contributed by atoms with Gasteiger partial charge >= 0.3 is 19.8 Å². The van der Waals surface area contributed by atoms with E-state index in [-0.39, 0.29) is 19.4 Å². The van der Waals surface area contributed by atoms with Crippen molar-refractivity contribution in [1.82, 2.24) is 0 Å². The Morgan fingerprint density at radius 2 is 1.00 bits per heavy atom. The molecule has 9 heteroatoms. The van der Waals surface area contributed by atoms with Crippen molar-refractivity contribution in [2.24, 2.45) is 0 Å². The third-order valence-corrected chi connectivity index (χ3v) is 8.42. The van der Waals surface area contributed by atoms with Crippen LogP contribution in [-0.4, -0.2) is 41.0 Å². The van der Waals surface area contributed by atoms with Gasteiger partial charge in [0.05, 0.1) is 6.61 Å². The quantitative estimate of drug-likeness (QED) is 0.0307. The zero-order valence-electron chi connectivity index (χ0n) is 28.2. The largest absolute Gasteiger partial charge is 0.469 e. The predicted octanol–water partition coefficient (Wildman–Crippen LogP) is 10.3. The molecule has 260 valence electrons. The second kappa shape index (κ2) is 31.8. The van der Waals surface area contributed by atoms with Crippen molar-refractivity contribution in [2.75, 3.05) is 13.2 Å². The van der Waals surface area contributed by atoms with Crippen molar-refractivity contribution in [3.63, 3.8) is 0 Å². The zero-order valence-corrected chi connectivity index (χ0v) is 29.1. The van der Waals surface area contributed by atoms with Crippen molar-refractivity contribution in [1.29, 1.82) is 0 Å². The van der Waals surface area contributed by atoms with Gasteiger partial charge in [0.1, 0.15) is 6.61 Å². The maximum absolute atomic E-state index is 12.3. The van der Waals surface area contributed by atoms with Gasteiger partial charge in [0.25, 0.3) is 0 Å². The summed E-state index contributed by atoms with van der Waals surface area (Å²) >= 11 is 0. The Kier molecular flexibility index (Phi) is 30.9. The van der Waals surface area contributed by atoms with Gasteiger partial charge in [0.15, 0.2) is 6.10 Å². The average molecular weight is 647 g/mol. The molecular formula is C35H67O8P. The predicted molar refractivity (Wildman–Crippen MR) is 179 cm³/mol. The maximum Gasteiger partial charge on any atom is 0.469 e. The van der Waals surface area contributed by atoms with Crippen LogP contribution in [0.25, 0.3) is 0 Å². The number of hydrogen-bond donors (Lipinski definition) is 2. The first kappa shape index (κ1) is 42.8. The van der Waals surface area contributed by atoms with Gasteiger partial charge in [-0.1, -0.05) is 148 Å². The van der Waals surface area contributed by atoms with Gasteiger partial charge in [0.2, 0.25) is 0 Å². The lowest BCUT2D eigenvalue weighted by atomic mass is 10.0. The summed E-state index contributed by atoms with van der Waals surface area (Å²) in [6.07, 6.45) is 31.1. The fourth-order valence-corrected chi connectivity index (χ4v) is 5.60. The summed E-state index contributed by atoms with van der Waals surface area (Å²) in [4.78, 5) is 42.6. The molecule has 0 saturated carbocycles. The van der Waals surface area contributed by atoms with Crippen LogP contribution in [0.5, 0.6) is 0 Å². The lowest BCUT2D eigenvalue weighted by Crippen LogP contribution is -2.29. The van der Waals surface area contributed by atoms with Crippen LogP contribution >= 0.6 is 7.82 Å². The minimum absolute atomic E-state index is 0.216. The van der Waals surface area contributed by atoms with E-state index in [0.29, 0.717) is 6.42 Å². The number of ether oxygens (including phenoxy) is 2. The molecule has 0 aliphatic rings. The van der Waals surface area contributed by atoms with Crippen LogP contribution in [0, 0.1) is 0 Å². The number of carbonyl (C=O) groups is 2. The molecule has 2 N–H and O–H groups in total. The zero-order chi connectivity index (χ0) is 32.6. The molecule has 0 fully saturated rings. The highest BCUT2D eigenvalue weighted by atomic mass is 31.2. The first-order valence-electron chi connectivity index (χ1n) is 17.9. The number of esters is 2. The molecule has 0 unspecified atom stereocenters. The summed E-state index contributed by atoms with van der Waals surface area (Å²) in [6.45, 7) is 5.18. The molecule has 0 saturated heterocycles. The van der Waals surface area contributed by atoms with Gasteiger partial charge in [-0.2, -0.15) is 0 Å². The molecule has 0 amide bonds. The highest BCUT2D eigenvalue weighted by Gasteiger charge is 2.22. The molecule has 0 aromatic rings. The molecule has 0 aliphatic carbocycles. The third kappa shape index (κ3) is 33.7. The van der Waals surface area contributed by atoms with Crippen LogP contribution in [0.3, 0.4) is 0 Å². The highest BCUT2D eigenvalue weighted by molar-refractivity contribution is 7.46. The topological polar surface area (TPSA) is 119 Å². The Bertz CT molecular complexity index is 724. The first-order valence-corrected chi connectivity index (χ1v) is 19.5. The number of unbranched alkanes of at least 4 members (excludes halogenated alkanes) is 23. The Labute approximate surface area is 269 Å². The fourth-order valence-electron chi connectivity index (χ4n) is 5.24. The van der Waals surface area contributed by atoms with E-state index in [1.54, 1.807) is 0 Å². The smallest absolute Gasteiger partial charge is 0.462 e. The lowest BCUT2D eigenvalue weighted by molar-refractivity contribution is -0.161. The molecular weight excluding hydrogens is 579 g/mol. The molecule has 0 aromatic heterocycles. The van der Waals surface area contributed by atoms with Gasteiger partial charge in [-0.3, -0.25) is 14.1 Å². The molecule has 0 spiro atoms. The van der Waals surface area contributed by atoms with Crippen molar-refractivity contribution in [3.05, 3.63) is 12.7 Å². The summed E-state index contributed by atoms with van der Waals surface area (Å²) in [5.41, 5.74) is 0. The second-order valence-corrected chi connectivity index (χ2v) is 13.5. The van der Waals surface area contributed by atoms with Gasteiger partial charge < -0.3 is 19.3 Å². The minimum atomic E-state index is -4.74. The van der Waals surface area contributed by atoms with Crippen LogP contribution in [0.4, 0.5) is 0 Å². The van der Waals surface area contributed by atoms with Gasteiger partial charge in [0, 0.05) is 12.8 Å². The summed E-state index contributed by atoms with van der Waals surface area (Å²) in [5.74, 6) is -0.882. The number of phosphoric ester groups is 1. The maximum atomic E-state index is 12.3. The fraction of sp³-hybridized carbons (Fsp3) is 0.886. The number of rotatable bonds is 34. The van der Waals surface area contributed by atoms with Gasteiger partial charge in [-0.05, 0) is 25.7 Å². The summed E-state index contributed by atoms with van der Waals surface area (Å²) in [5, 5.41) is 0. The van der Waals surface area contributed by atoms with E-state index >= 15 is 0 Å². The molecule has 0 bridgehead atoms. The first-order chi connectivity index (χ1) is 21.3. The van der Waals surface area contributed by atoms with Crippen LogP contribution in [0.2, 0.25) is 0 Å². The number of phosphoric acid groups is 1. The van der Waals surface area contributed by atoms with E-state index in [1.807, 2.05) is 6.08 Å². The normalized spacial score (nSPS) is 12.2. The number of allylic oxidation sites excluding steroid dienone is 1.